The van der Waals surface area contributed by atoms with Crippen molar-refractivity contribution in [1.29, 1.82) is 0 Å². The Hall–Kier alpha value is -5.46. The maximum absolute atomic E-state index is 2.40. The summed E-state index contributed by atoms with van der Waals surface area (Å²) in [5.74, 6) is 0. The Morgan fingerprint density at radius 3 is 1.76 bits per heavy atom. The van der Waals surface area contributed by atoms with Crippen LogP contribution < -0.4 is 0 Å². The second-order valence-electron chi connectivity index (χ2n) is 13.3. The zero-order valence-electron chi connectivity index (χ0n) is 26.4. The summed E-state index contributed by atoms with van der Waals surface area (Å²) in [6.45, 7) is 6.95. The number of hydrogen-bond donors (Lipinski definition) is 0. The van der Waals surface area contributed by atoms with Crippen LogP contribution in [0.25, 0.3) is 76.8 Å². The first kappa shape index (κ1) is 26.9. The van der Waals surface area contributed by atoms with Crippen LogP contribution in [0.15, 0.2) is 152 Å². The van der Waals surface area contributed by atoms with Gasteiger partial charge in [-0.1, -0.05) is 171 Å². The third-order valence-corrected chi connectivity index (χ3v) is 10.3. The lowest BCUT2D eigenvalue weighted by Gasteiger charge is -2.23. The summed E-state index contributed by atoms with van der Waals surface area (Å²) in [5.41, 5.74) is 14.5. The van der Waals surface area contributed by atoms with E-state index in [9.17, 15) is 0 Å². The van der Waals surface area contributed by atoms with Crippen LogP contribution in [0.3, 0.4) is 0 Å². The molecule has 0 saturated heterocycles. The topological polar surface area (TPSA) is 0 Å². The van der Waals surface area contributed by atoms with Gasteiger partial charge in [0.1, 0.15) is 0 Å². The molecule has 218 valence electrons. The lowest BCUT2D eigenvalue weighted by molar-refractivity contribution is 0.660. The highest BCUT2D eigenvalue weighted by Crippen LogP contribution is 2.54. The first-order chi connectivity index (χ1) is 22.5. The first-order valence-corrected chi connectivity index (χ1v) is 16.3. The van der Waals surface area contributed by atoms with Gasteiger partial charge in [-0.25, -0.2) is 0 Å². The molecular formula is C46H34. The Kier molecular flexibility index (Phi) is 5.86. The molecular weight excluding hydrogens is 553 g/mol. The zero-order valence-corrected chi connectivity index (χ0v) is 26.4. The fourth-order valence-corrected chi connectivity index (χ4v) is 8.15. The Balaban J connectivity index is 1.32. The summed E-state index contributed by atoms with van der Waals surface area (Å²) in [6.07, 6.45) is 0. The second-order valence-corrected chi connectivity index (χ2v) is 13.3. The molecule has 0 heteroatoms. The molecule has 0 nitrogen and oxygen atoms in total. The summed E-state index contributed by atoms with van der Waals surface area (Å²) >= 11 is 0. The molecule has 0 unspecified atom stereocenters. The van der Waals surface area contributed by atoms with E-state index in [-0.39, 0.29) is 5.41 Å². The average molecular weight is 587 g/mol. The molecule has 0 spiro atoms. The van der Waals surface area contributed by atoms with Crippen LogP contribution in [-0.2, 0) is 5.41 Å². The molecule has 8 aromatic carbocycles. The van der Waals surface area contributed by atoms with Crippen molar-refractivity contribution in [3.8, 4) is 44.5 Å². The molecule has 0 fully saturated rings. The van der Waals surface area contributed by atoms with Gasteiger partial charge in [-0.15, -0.1) is 0 Å². The van der Waals surface area contributed by atoms with Gasteiger partial charge in [0.05, 0.1) is 0 Å². The molecule has 0 bridgehead atoms. The molecule has 1 aliphatic carbocycles. The summed E-state index contributed by atoms with van der Waals surface area (Å²) in [7, 11) is 0. The summed E-state index contributed by atoms with van der Waals surface area (Å²) in [6, 6.07) is 56.4. The first-order valence-electron chi connectivity index (χ1n) is 16.3. The minimum Gasteiger partial charge on any atom is -0.0619 e. The smallest absolute Gasteiger partial charge is 0.0159 e. The van der Waals surface area contributed by atoms with Crippen LogP contribution in [0.1, 0.15) is 30.5 Å². The molecule has 46 heavy (non-hydrogen) atoms. The van der Waals surface area contributed by atoms with Crippen LogP contribution >= 0.6 is 0 Å². The molecule has 0 N–H and O–H groups in total. The summed E-state index contributed by atoms with van der Waals surface area (Å²) < 4.78 is 0. The molecule has 0 atom stereocenters. The lowest BCUT2D eigenvalue weighted by Crippen LogP contribution is -2.14. The Bertz CT molecular complexity index is 2490. The van der Waals surface area contributed by atoms with Crippen molar-refractivity contribution in [2.45, 2.75) is 26.2 Å². The van der Waals surface area contributed by atoms with E-state index in [4.69, 9.17) is 0 Å². The van der Waals surface area contributed by atoms with Crippen molar-refractivity contribution in [1.82, 2.24) is 0 Å². The van der Waals surface area contributed by atoms with E-state index in [1.54, 1.807) is 0 Å². The summed E-state index contributed by atoms with van der Waals surface area (Å²) in [5, 5.41) is 7.74. The van der Waals surface area contributed by atoms with Crippen LogP contribution in [0, 0.1) is 6.92 Å². The molecule has 0 radical (unpaired) electrons. The maximum Gasteiger partial charge on any atom is 0.0159 e. The molecule has 0 aliphatic heterocycles. The largest absolute Gasteiger partial charge is 0.0619 e. The third kappa shape index (κ3) is 3.87. The Morgan fingerprint density at radius 1 is 0.370 bits per heavy atom. The van der Waals surface area contributed by atoms with Gasteiger partial charge in [0, 0.05) is 5.41 Å². The molecule has 8 aromatic rings. The van der Waals surface area contributed by atoms with Crippen LogP contribution in [0.5, 0.6) is 0 Å². The number of aryl methyl sites for hydroxylation is 1. The van der Waals surface area contributed by atoms with E-state index in [0.29, 0.717) is 0 Å². The van der Waals surface area contributed by atoms with Crippen molar-refractivity contribution < 1.29 is 0 Å². The standard InChI is InChI=1S/C46H34/c1-29-22-27-37-40(28-29)44(39-19-11-21-42-45(39)38-17-8-9-20-41(38)46(42,2)3)36-16-7-6-15-35(36)43(37)32-25-23-31(24-26-32)34-18-10-13-30-12-4-5-14-33(30)34/h4-28H,1-3H3. The minimum atomic E-state index is -0.0464. The quantitative estimate of drug-likeness (QED) is 0.181. The predicted octanol–water partition coefficient (Wildman–Crippen LogP) is 12.8. The normalized spacial score (nSPS) is 13.3. The van der Waals surface area contributed by atoms with Gasteiger partial charge in [0.25, 0.3) is 0 Å². The van der Waals surface area contributed by atoms with Crippen LogP contribution in [0.2, 0.25) is 0 Å². The number of rotatable bonds is 3. The molecule has 0 amide bonds. The molecule has 0 saturated carbocycles. The minimum absolute atomic E-state index is 0.0464. The van der Waals surface area contributed by atoms with E-state index < -0.39 is 0 Å². The van der Waals surface area contributed by atoms with Gasteiger partial charge in [-0.2, -0.15) is 0 Å². The number of fused-ring (bicyclic) bond motifs is 6. The van der Waals surface area contributed by atoms with Gasteiger partial charge >= 0.3 is 0 Å². The molecule has 0 heterocycles. The van der Waals surface area contributed by atoms with E-state index in [2.05, 4.69) is 172 Å². The molecule has 9 rings (SSSR count). The Labute approximate surface area is 270 Å². The third-order valence-electron chi connectivity index (χ3n) is 10.3. The van der Waals surface area contributed by atoms with E-state index in [1.165, 1.54) is 93.5 Å². The highest BCUT2D eigenvalue weighted by Gasteiger charge is 2.37. The van der Waals surface area contributed by atoms with E-state index in [1.807, 2.05) is 0 Å². The average Bonchev–Trinajstić information content (AvgIpc) is 3.33. The van der Waals surface area contributed by atoms with Gasteiger partial charge < -0.3 is 0 Å². The molecule has 1 aliphatic rings. The Morgan fingerprint density at radius 2 is 0.935 bits per heavy atom. The molecule has 0 aromatic heterocycles. The monoisotopic (exact) mass is 586 g/mol. The van der Waals surface area contributed by atoms with Crippen molar-refractivity contribution >= 4 is 32.3 Å². The van der Waals surface area contributed by atoms with Crippen LogP contribution in [-0.4, -0.2) is 0 Å². The fraction of sp³-hybridized carbons (Fsp3) is 0.0870. The van der Waals surface area contributed by atoms with Crippen molar-refractivity contribution in [3.63, 3.8) is 0 Å². The van der Waals surface area contributed by atoms with Crippen molar-refractivity contribution in [2.24, 2.45) is 0 Å². The highest BCUT2D eigenvalue weighted by molar-refractivity contribution is 6.23. The zero-order chi connectivity index (χ0) is 31.0. The van der Waals surface area contributed by atoms with Gasteiger partial charge in [-0.05, 0) is 94.9 Å². The van der Waals surface area contributed by atoms with E-state index >= 15 is 0 Å². The maximum atomic E-state index is 2.40. The van der Waals surface area contributed by atoms with Crippen LogP contribution in [0.4, 0.5) is 0 Å². The summed E-state index contributed by atoms with van der Waals surface area (Å²) in [4.78, 5) is 0. The van der Waals surface area contributed by atoms with Crippen molar-refractivity contribution in [2.75, 3.05) is 0 Å². The SMILES string of the molecule is Cc1ccc2c(-c3ccc(-c4cccc5ccccc45)cc3)c3ccccc3c(-c3cccc4c3-c3ccccc3C4(C)C)c2c1. The second kappa shape index (κ2) is 10.0. The van der Waals surface area contributed by atoms with E-state index in [0.717, 1.165) is 0 Å². The number of benzene rings is 8. The van der Waals surface area contributed by atoms with Gasteiger partial charge in [-0.3, -0.25) is 0 Å². The fourth-order valence-electron chi connectivity index (χ4n) is 8.15. The van der Waals surface area contributed by atoms with Gasteiger partial charge in [0.15, 0.2) is 0 Å². The van der Waals surface area contributed by atoms with Crippen molar-refractivity contribution in [3.05, 3.63) is 168 Å². The lowest BCUT2D eigenvalue weighted by atomic mass is 9.80. The number of hydrogen-bond acceptors (Lipinski definition) is 0. The van der Waals surface area contributed by atoms with Gasteiger partial charge in [0.2, 0.25) is 0 Å². The highest BCUT2D eigenvalue weighted by atomic mass is 14.4. The predicted molar refractivity (Wildman–Crippen MR) is 198 cm³/mol.